The highest BCUT2D eigenvalue weighted by Gasteiger charge is 2.08. The van der Waals surface area contributed by atoms with Crippen LogP contribution in [0.15, 0.2) is 34.9 Å². The van der Waals surface area contributed by atoms with Crippen LogP contribution in [0.4, 0.5) is 0 Å². The predicted molar refractivity (Wildman–Crippen MR) is 78.9 cm³/mol. The van der Waals surface area contributed by atoms with Crippen molar-refractivity contribution in [3.05, 3.63) is 41.8 Å². The third-order valence-corrected chi connectivity index (χ3v) is 2.94. The minimum Gasteiger partial charge on any atom is -0.417 e. The Balaban J connectivity index is 1.95. The van der Waals surface area contributed by atoms with Gasteiger partial charge in [0.25, 0.3) is 0 Å². The molecule has 2 aromatic rings. The van der Waals surface area contributed by atoms with E-state index < -0.39 is 0 Å². The molecule has 0 aliphatic heterocycles. The number of hydrogen-bond acceptors (Lipinski definition) is 4. The fourth-order valence-electron chi connectivity index (χ4n) is 1.89. The average Bonchev–Trinajstić information content (AvgIpc) is 2.86. The minimum atomic E-state index is 0.298. The van der Waals surface area contributed by atoms with Gasteiger partial charge in [0, 0.05) is 6.54 Å². The van der Waals surface area contributed by atoms with Crippen LogP contribution in [-0.4, -0.2) is 11.5 Å². The minimum absolute atomic E-state index is 0.298. The van der Waals surface area contributed by atoms with Gasteiger partial charge in [0.15, 0.2) is 0 Å². The van der Waals surface area contributed by atoms with Crippen molar-refractivity contribution >= 4 is 0 Å². The van der Waals surface area contributed by atoms with Gasteiger partial charge in [-0.15, -0.1) is 0 Å². The number of benzene rings is 1. The number of ether oxygens (including phenoxy) is 1. The van der Waals surface area contributed by atoms with E-state index in [0.717, 1.165) is 30.0 Å². The van der Waals surface area contributed by atoms with Crippen molar-refractivity contribution in [1.82, 2.24) is 10.3 Å². The van der Waals surface area contributed by atoms with Crippen molar-refractivity contribution < 1.29 is 9.15 Å². The number of aryl methyl sites for hydroxylation is 1. The van der Waals surface area contributed by atoms with Crippen molar-refractivity contribution in [2.45, 2.75) is 33.7 Å². The summed E-state index contributed by atoms with van der Waals surface area (Å²) < 4.78 is 11.1. The van der Waals surface area contributed by atoms with Gasteiger partial charge in [0.05, 0.1) is 5.69 Å². The molecule has 4 nitrogen and oxygen atoms in total. The average molecular weight is 274 g/mol. The zero-order chi connectivity index (χ0) is 14.4. The maximum Gasteiger partial charge on any atom is 0.399 e. The summed E-state index contributed by atoms with van der Waals surface area (Å²) in [6.45, 7) is 8.10. The fraction of sp³-hybridized carbons (Fsp3) is 0.438. The first-order chi connectivity index (χ1) is 9.69. The first-order valence-electron chi connectivity index (χ1n) is 7.10. The number of para-hydroxylation sites is 1. The Bertz CT molecular complexity index is 535. The molecular formula is C16H22N2O2. The van der Waals surface area contributed by atoms with E-state index in [1.165, 1.54) is 0 Å². The van der Waals surface area contributed by atoms with Gasteiger partial charge in [-0.25, -0.2) is 0 Å². The Hall–Kier alpha value is -1.81. The van der Waals surface area contributed by atoms with Gasteiger partial charge in [-0.1, -0.05) is 39.0 Å². The van der Waals surface area contributed by atoms with Crippen LogP contribution in [0.5, 0.6) is 11.8 Å². The summed E-state index contributed by atoms with van der Waals surface area (Å²) in [4.78, 5) is 4.33. The maximum atomic E-state index is 5.70. The fourth-order valence-corrected chi connectivity index (χ4v) is 1.89. The molecule has 0 saturated heterocycles. The zero-order valence-electron chi connectivity index (χ0n) is 12.3. The SMILES string of the molecule is CCc1ccccc1Oc1nc(CNCC(C)C)co1. The van der Waals surface area contributed by atoms with Gasteiger partial charge in [-0.3, -0.25) is 0 Å². The molecule has 1 aromatic carbocycles. The summed E-state index contributed by atoms with van der Waals surface area (Å²) in [7, 11) is 0. The van der Waals surface area contributed by atoms with Crippen molar-refractivity contribution in [2.24, 2.45) is 5.92 Å². The lowest BCUT2D eigenvalue weighted by Gasteiger charge is -2.05. The van der Waals surface area contributed by atoms with Crippen LogP contribution in [0.1, 0.15) is 32.0 Å². The normalized spacial score (nSPS) is 11.0. The van der Waals surface area contributed by atoms with Gasteiger partial charge >= 0.3 is 6.08 Å². The zero-order valence-corrected chi connectivity index (χ0v) is 12.3. The summed E-state index contributed by atoms with van der Waals surface area (Å²) in [6.07, 6.45) is 2.85. The third-order valence-electron chi connectivity index (χ3n) is 2.94. The van der Waals surface area contributed by atoms with Gasteiger partial charge in [-0.05, 0) is 30.5 Å². The molecule has 108 valence electrons. The summed E-state index contributed by atoms with van der Waals surface area (Å²) >= 11 is 0. The van der Waals surface area contributed by atoms with Crippen LogP contribution >= 0.6 is 0 Å². The molecule has 1 N–H and O–H groups in total. The molecule has 0 aliphatic carbocycles. The molecule has 0 unspecified atom stereocenters. The Kier molecular flexibility index (Phi) is 5.18. The number of aromatic nitrogens is 1. The van der Waals surface area contributed by atoms with Crippen molar-refractivity contribution in [3.8, 4) is 11.8 Å². The van der Waals surface area contributed by atoms with Crippen molar-refractivity contribution in [3.63, 3.8) is 0 Å². The molecule has 0 bridgehead atoms. The first kappa shape index (κ1) is 14.6. The number of nitrogens with one attached hydrogen (secondary N) is 1. The highest BCUT2D eigenvalue weighted by molar-refractivity contribution is 5.34. The van der Waals surface area contributed by atoms with E-state index in [1.807, 2.05) is 24.3 Å². The highest BCUT2D eigenvalue weighted by atomic mass is 16.6. The maximum absolute atomic E-state index is 5.70. The molecule has 0 amide bonds. The van der Waals surface area contributed by atoms with Crippen LogP contribution in [-0.2, 0) is 13.0 Å². The monoisotopic (exact) mass is 274 g/mol. The van der Waals surface area contributed by atoms with E-state index in [-0.39, 0.29) is 0 Å². The molecule has 4 heteroatoms. The van der Waals surface area contributed by atoms with E-state index in [2.05, 4.69) is 31.1 Å². The van der Waals surface area contributed by atoms with E-state index in [0.29, 0.717) is 18.5 Å². The topological polar surface area (TPSA) is 47.3 Å². The molecule has 20 heavy (non-hydrogen) atoms. The second-order valence-electron chi connectivity index (χ2n) is 5.19. The summed E-state index contributed by atoms with van der Waals surface area (Å²) in [5.74, 6) is 1.42. The van der Waals surface area contributed by atoms with E-state index >= 15 is 0 Å². The molecule has 1 heterocycles. The lowest BCUT2D eigenvalue weighted by molar-refractivity contribution is 0.328. The Morgan fingerprint density at radius 1 is 1.30 bits per heavy atom. The van der Waals surface area contributed by atoms with Gasteiger partial charge < -0.3 is 14.5 Å². The van der Waals surface area contributed by atoms with Crippen molar-refractivity contribution in [2.75, 3.05) is 6.54 Å². The molecule has 0 fully saturated rings. The van der Waals surface area contributed by atoms with Crippen LogP contribution in [0.3, 0.4) is 0 Å². The quantitative estimate of drug-likeness (QED) is 0.834. The largest absolute Gasteiger partial charge is 0.417 e. The Morgan fingerprint density at radius 3 is 2.85 bits per heavy atom. The van der Waals surface area contributed by atoms with E-state index in [1.54, 1.807) is 6.26 Å². The molecule has 0 aliphatic rings. The van der Waals surface area contributed by atoms with E-state index in [9.17, 15) is 0 Å². The predicted octanol–water partition coefficient (Wildman–Crippen LogP) is 3.77. The van der Waals surface area contributed by atoms with Gasteiger partial charge in [0.2, 0.25) is 0 Å². The first-order valence-corrected chi connectivity index (χ1v) is 7.10. The third kappa shape index (κ3) is 4.10. The molecule has 0 saturated carbocycles. The standard InChI is InChI=1S/C16H22N2O2/c1-4-13-7-5-6-8-15(13)20-16-18-14(11-19-16)10-17-9-12(2)3/h5-8,11-12,17H,4,9-10H2,1-3H3. The molecule has 0 spiro atoms. The molecule has 1 aromatic heterocycles. The number of nitrogens with zero attached hydrogens (tertiary/aromatic N) is 1. The van der Waals surface area contributed by atoms with Crippen LogP contribution < -0.4 is 10.1 Å². The number of rotatable bonds is 7. The number of oxazole rings is 1. The second-order valence-corrected chi connectivity index (χ2v) is 5.19. The Morgan fingerprint density at radius 2 is 2.10 bits per heavy atom. The molecule has 2 rings (SSSR count). The molecular weight excluding hydrogens is 252 g/mol. The van der Waals surface area contributed by atoms with Crippen molar-refractivity contribution in [1.29, 1.82) is 0 Å². The summed E-state index contributed by atoms with van der Waals surface area (Å²) in [5.41, 5.74) is 2.00. The van der Waals surface area contributed by atoms with Gasteiger partial charge in [0.1, 0.15) is 12.0 Å². The molecule has 0 radical (unpaired) electrons. The highest BCUT2D eigenvalue weighted by Crippen LogP contribution is 2.24. The Labute approximate surface area is 120 Å². The van der Waals surface area contributed by atoms with Gasteiger partial charge in [-0.2, -0.15) is 4.98 Å². The number of hydrogen-bond donors (Lipinski definition) is 1. The summed E-state index contributed by atoms with van der Waals surface area (Å²) in [5, 5.41) is 3.32. The van der Waals surface area contributed by atoms with Crippen LogP contribution in [0, 0.1) is 5.92 Å². The van der Waals surface area contributed by atoms with Crippen LogP contribution in [0.2, 0.25) is 0 Å². The van der Waals surface area contributed by atoms with E-state index in [4.69, 9.17) is 9.15 Å². The van der Waals surface area contributed by atoms with Crippen LogP contribution in [0.25, 0.3) is 0 Å². The lowest BCUT2D eigenvalue weighted by atomic mass is 10.1. The summed E-state index contributed by atoms with van der Waals surface area (Å²) in [6, 6.07) is 7.92. The lowest BCUT2D eigenvalue weighted by Crippen LogP contribution is -2.19. The second kappa shape index (κ2) is 7.10. The smallest absolute Gasteiger partial charge is 0.399 e. The molecule has 0 atom stereocenters.